The molecular formula is C21H18N2O3. The minimum absolute atomic E-state index is 0.0195. The second-order valence-corrected chi connectivity index (χ2v) is 6.20. The number of nitrogens with one attached hydrogen (secondary N) is 1. The number of amides is 1. The third-order valence-electron chi connectivity index (χ3n) is 4.48. The molecule has 5 heteroatoms. The Kier molecular flexibility index (Phi) is 4.27. The van der Waals surface area contributed by atoms with Crippen molar-refractivity contribution >= 4 is 17.6 Å². The Balaban J connectivity index is 1.54. The molecule has 1 aliphatic rings. The number of rotatable bonds is 4. The predicted molar refractivity (Wildman–Crippen MR) is 98.4 cm³/mol. The van der Waals surface area contributed by atoms with Gasteiger partial charge in [-0.2, -0.15) is 0 Å². The Morgan fingerprint density at radius 1 is 1.00 bits per heavy atom. The van der Waals surface area contributed by atoms with Crippen molar-refractivity contribution < 1.29 is 14.3 Å². The zero-order valence-corrected chi connectivity index (χ0v) is 14.1. The van der Waals surface area contributed by atoms with E-state index in [1.807, 2.05) is 77.5 Å². The van der Waals surface area contributed by atoms with Gasteiger partial charge in [-0.25, -0.2) is 0 Å². The molecule has 4 rings (SSSR count). The van der Waals surface area contributed by atoms with Crippen LogP contribution < -0.4 is 5.32 Å². The third-order valence-corrected chi connectivity index (χ3v) is 4.48. The number of aromatic nitrogens is 1. The monoisotopic (exact) mass is 346 g/mol. The van der Waals surface area contributed by atoms with Gasteiger partial charge < -0.3 is 14.6 Å². The van der Waals surface area contributed by atoms with Gasteiger partial charge in [0.05, 0.1) is 17.8 Å². The molecule has 0 aliphatic carbocycles. The summed E-state index contributed by atoms with van der Waals surface area (Å²) < 4.78 is 7.19. The summed E-state index contributed by atoms with van der Waals surface area (Å²) in [4.78, 5) is 25.0. The third kappa shape index (κ3) is 3.11. The lowest BCUT2D eigenvalue weighted by Crippen LogP contribution is -2.27. The lowest BCUT2D eigenvalue weighted by Gasteiger charge is -2.17. The van der Waals surface area contributed by atoms with E-state index in [4.69, 9.17) is 4.74 Å². The van der Waals surface area contributed by atoms with Gasteiger partial charge in [0.2, 0.25) is 5.91 Å². The molecule has 1 amide bonds. The summed E-state index contributed by atoms with van der Waals surface area (Å²) >= 11 is 0. The summed E-state index contributed by atoms with van der Waals surface area (Å²) in [6.45, 7) is 0.201. The average Bonchev–Trinajstić information content (AvgIpc) is 3.11. The lowest BCUT2D eigenvalue weighted by molar-refractivity contribution is -0.147. The molecule has 3 aromatic rings. The number of hydrogen-bond donors (Lipinski definition) is 1. The molecule has 1 atom stereocenters. The van der Waals surface area contributed by atoms with Crippen LogP contribution in [-0.4, -0.2) is 16.4 Å². The number of anilines is 1. The zero-order chi connectivity index (χ0) is 17.9. The molecule has 0 saturated carbocycles. The smallest absolute Gasteiger partial charge is 0.308 e. The first-order chi connectivity index (χ1) is 12.7. The first kappa shape index (κ1) is 16.1. The standard InChI is InChI=1S/C21H18N2O3/c24-20(26-14-15-7-2-1-3-8-15)13-19-21(25)22-17-10-5-4-9-16(17)18-11-6-12-23(18)19/h1-12,19H,13-14H2,(H,22,25)/t19-/m1/s1. The highest BCUT2D eigenvalue weighted by Gasteiger charge is 2.30. The highest BCUT2D eigenvalue weighted by atomic mass is 16.5. The Hall–Kier alpha value is -3.34. The Labute approximate surface area is 151 Å². The number of carbonyl (C=O) groups is 2. The van der Waals surface area contributed by atoms with Crippen LogP contribution in [-0.2, 0) is 20.9 Å². The van der Waals surface area contributed by atoms with E-state index in [9.17, 15) is 9.59 Å². The fourth-order valence-corrected chi connectivity index (χ4v) is 3.20. The quantitative estimate of drug-likeness (QED) is 0.731. The van der Waals surface area contributed by atoms with Crippen molar-refractivity contribution in [3.05, 3.63) is 78.5 Å². The maximum atomic E-state index is 12.7. The van der Waals surface area contributed by atoms with Crippen LogP contribution in [0, 0.1) is 0 Å². The van der Waals surface area contributed by atoms with Crippen molar-refractivity contribution in [2.24, 2.45) is 0 Å². The van der Waals surface area contributed by atoms with Crippen molar-refractivity contribution in [2.75, 3.05) is 5.32 Å². The van der Waals surface area contributed by atoms with Gasteiger partial charge >= 0.3 is 5.97 Å². The molecule has 5 nitrogen and oxygen atoms in total. The highest BCUT2D eigenvalue weighted by molar-refractivity contribution is 6.01. The van der Waals surface area contributed by atoms with Crippen molar-refractivity contribution in [3.63, 3.8) is 0 Å². The molecule has 0 bridgehead atoms. The molecule has 2 heterocycles. The van der Waals surface area contributed by atoms with E-state index in [0.29, 0.717) is 0 Å². The van der Waals surface area contributed by atoms with Gasteiger partial charge in [-0.1, -0.05) is 48.5 Å². The number of esters is 1. The molecule has 1 aliphatic heterocycles. The number of nitrogens with zero attached hydrogens (tertiary/aromatic N) is 1. The molecule has 0 fully saturated rings. The molecule has 0 unspecified atom stereocenters. The molecule has 1 aromatic heterocycles. The number of benzene rings is 2. The van der Waals surface area contributed by atoms with E-state index in [1.165, 1.54) is 0 Å². The van der Waals surface area contributed by atoms with Gasteiger partial charge in [0, 0.05) is 11.8 Å². The van der Waals surface area contributed by atoms with Crippen molar-refractivity contribution in [1.82, 2.24) is 4.57 Å². The van der Waals surface area contributed by atoms with Crippen LogP contribution in [0.25, 0.3) is 11.3 Å². The molecular weight excluding hydrogens is 328 g/mol. The van der Waals surface area contributed by atoms with Gasteiger partial charge in [-0.15, -0.1) is 0 Å². The van der Waals surface area contributed by atoms with E-state index in [-0.39, 0.29) is 18.9 Å². The van der Waals surface area contributed by atoms with Crippen LogP contribution in [0.4, 0.5) is 5.69 Å². The minimum atomic E-state index is -0.643. The first-order valence-electron chi connectivity index (χ1n) is 8.49. The SMILES string of the molecule is O=C(C[C@@H]1C(=O)Nc2ccccc2-c2cccn21)OCc1ccccc1. The number of para-hydroxylation sites is 1. The molecule has 0 saturated heterocycles. The van der Waals surface area contributed by atoms with Gasteiger partial charge in [0.15, 0.2) is 0 Å². The first-order valence-corrected chi connectivity index (χ1v) is 8.49. The molecule has 130 valence electrons. The molecule has 26 heavy (non-hydrogen) atoms. The summed E-state index contributed by atoms with van der Waals surface area (Å²) in [5.41, 5.74) is 3.50. The lowest BCUT2D eigenvalue weighted by atomic mass is 10.1. The number of hydrogen-bond acceptors (Lipinski definition) is 3. The predicted octanol–water partition coefficient (Wildman–Crippen LogP) is 3.78. The van der Waals surface area contributed by atoms with Crippen LogP contribution in [0.1, 0.15) is 18.0 Å². The summed E-state index contributed by atoms with van der Waals surface area (Å²) in [5, 5.41) is 2.92. The Morgan fingerprint density at radius 3 is 2.62 bits per heavy atom. The molecule has 1 N–H and O–H groups in total. The Bertz CT molecular complexity index is 947. The van der Waals surface area contributed by atoms with Crippen molar-refractivity contribution in [1.29, 1.82) is 0 Å². The minimum Gasteiger partial charge on any atom is -0.461 e. The second-order valence-electron chi connectivity index (χ2n) is 6.20. The van der Waals surface area contributed by atoms with E-state index in [2.05, 4.69) is 5.32 Å². The second kappa shape index (κ2) is 6.88. The summed E-state index contributed by atoms with van der Waals surface area (Å²) in [6, 6.07) is 20.3. The zero-order valence-electron chi connectivity index (χ0n) is 14.1. The average molecular weight is 346 g/mol. The van der Waals surface area contributed by atoms with Crippen molar-refractivity contribution in [2.45, 2.75) is 19.1 Å². The van der Waals surface area contributed by atoms with Gasteiger partial charge in [0.1, 0.15) is 12.6 Å². The highest BCUT2D eigenvalue weighted by Crippen LogP contribution is 2.35. The summed E-state index contributed by atoms with van der Waals surface area (Å²) in [7, 11) is 0. The van der Waals surface area contributed by atoms with Crippen LogP contribution in [0.2, 0.25) is 0 Å². The van der Waals surface area contributed by atoms with Gasteiger partial charge in [-0.05, 0) is 23.8 Å². The van der Waals surface area contributed by atoms with E-state index in [1.54, 1.807) is 0 Å². The van der Waals surface area contributed by atoms with Gasteiger partial charge in [0.25, 0.3) is 0 Å². The largest absolute Gasteiger partial charge is 0.461 e. The summed E-state index contributed by atoms with van der Waals surface area (Å²) in [6.07, 6.45) is 1.81. The molecule has 0 spiro atoms. The van der Waals surface area contributed by atoms with Crippen LogP contribution >= 0.6 is 0 Å². The number of carbonyl (C=O) groups excluding carboxylic acids is 2. The fraction of sp³-hybridized carbons (Fsp3) is 0.143. The van der Waals surface area contributed by atoms with Crippen LogP contribution in [0.5, 0.6) is 0 Å². The number of fused-ring (bicyclic) bond motifs is 3. The van der Waals surface area contributed by atoms with Gasteiger partial charge in [-0.3, -0.25) is 9.59 Å². The molecule has 0 radical (unpaired) electrons. The maximum Gasteiger partial charge on any atom is 0.308 e. The Morgan fingerprint density at radius 2 is 1.77 bits per heavy atom. The molecule has 2 aromatic carbocycles. The van der Waals surface area contributed by atoms with Crippen LogP contribution in [0.3, 0.4) is 0 Å². The van der Waals surface area contributed by atoms with E-state index < -0.39 is 12.0 Å². The van der Waals surface area contributed by atoms with E-state index in [0.717, 1.165) is 22.5 Å². The van der Waals surface area contributed by atoms with Crippen LogP contribution in [0.15, 0.2) is 72.9 Å². The number of ether oxygens (including phenoxy) is 1. The summed E-state index contributed by atoms with van der Waals surface area (Å²) in [5.74, 6) is -0.622. The van der Waals surface area contributed by atoms with Crippen molar-refractivity contribution in [3.8, 4) is 11.3 Å². The fourth-order valence-electron chi connectivity index (χ4n) is 3.20. The normalized spacial score (nSPS) is 15.4. The topological polar surface area (TPSA) is 60.3 Å². The maximum absolute atomic E-state index is 12.7. The van der Waals surface area contributed by atoms with E-state index >= 15 is 0 Å².